The number of benzene rings is 1. The zero-order valence-electron chi connectivity index (χ0n) is 12.9. The Bertz CT molecular complexity index is 671. The lowest BCUT2D eigenvalue weighted by Crippen LogP contribution is -2.28. The summed E-state index contributed by atoms with van der Waals surface area (Å²) in [5, 5.41) is 9.12. The topological polar surface area (TPSA) is 75.2 Å². The maximum absolute atomic E-state index is 11.0. The predicted molar refractivity (Wildman–Crippen MR) is 82.6 cm³/mol. The molecule has 0 aliphatic heterocycles. The lowest BCUT2D eigenvalue weighted by molar-refractivity contribution is 0.0697. The van der Waals surface area contributed by atoms with Crippen molar-refractivity contribution in [1.82, 2.24) is 9.97 Å². The summed E-state index contributed by atoms with van der Waals surface area (Å²) in [6.07, 6.45) is 0. The highest BCUT2D eigenvalue weighted by Crippen LogP contribution is 2.29. The summed E-state index contributed by atoms with van der Waals surface area (Å²) in [4.78, 5) is 18.7. The minimum atomic E-state index is -0.947. The lowest BCUT2D eigenvalue weighted by atomic mass is 10.1. The SMILES string of the molecule is CC(C)(C)[Si]OC(C)(C)c1nc2ccc(C(=O)O)cc2[nH]1. The second-order valence-corrected chi connectivity index (χ2v) is 8.50. The molecule has 0 saturated carbocycles. The van der Waals surface area contributed by atoms with Crippen molar-refractivity contribution in [2.75, 3.05) is 0 Å². The first-order chi connectivity index (χ1) is 9.58. The van der Waals surface area contributed by atoms with Gasteiger partial charge in [0.15, 0.2) is 0 Å². The number of aromatic nitrogens is 2. The van der Waals surface area contributed by atoms with E-state index >= 15 is 0 Å². The molecular formula is C15H20N2O3Si. The molecule has 0 unspecified atom stereocenters. The minimum absolute atomic E-state index is 0.0970. The average Bonchev–Trinajstić information content (AvgIpc) is 2.79. The Morgan fingerprint density at radius 1 is 1.29 bits per heavy atom. The van der Waals surface area contributed by atoms with Crippen LogP contribution in [0.4, 0.5) is 0 Å². The summed E-state index contributed by atoms with van der Waals surface area (Å²) in [5.41, 5.74) is 1.15. The molecule has 0 spiro atoms. The van der Waals surface area contributed by atoms with Crippen LogP contribution in [0.2, 0.25) is 5.04 Å². The van der Waals surface area contributed by atoms with Crippen molar-refractivity contribution >= 4 is 26.8 Å². The van der Waals surface area contributed by atoms with Crippen molar-refractivity contribution in [2.45, 2.75) is 45.3 Å². The summed E-state index contributed by atoms with van der Waals surface area (Å²) < 4.78 is 6.00. The summed E-state index contributed by atoms with van der Waals surface area (Å²) in [6.45, 7) is 10.3. The largest absolute Gasteiger partial charge is 0.478 e. The van der Waals surface area contributed by atoms with Crippen LogP contribution in [-0.4, -0.2) is 30.8 Å². The maximum Gasteiger partial charge on any atom is 0.335 e. The molecule has 5 nitrogen and oxygen atoms in total. The molecule has 1 heterocycles. The number of aromatic carboxylic acids is 1. The van der Waals surface area contributed by atoms with Crippen LogP contribution in [0.25, 0.3) is 11.0 Å². The van der Waals surface area contributed by atoms with E-state index in [1.807, 2.05) is 13.8 Å². The van der Waals surface area contributed by atoms with Crippen molar-refractivity contribution in [2.24, 2.45) is 0 Å². The van der Waals surface area contributed by atoms with E-state index in [1.165, 1.54) is 0 Å². The van der Waals surface area contributed by atoms with Crippen LogP contribution >= 0.6 is 0 Å². The van der Waals surface area contributed by atoms with Gasteiger partial charge in [-0.15, -0.1) is 0 Å². The summed E-state index contributed by atoms with van der Waals surface area (Å²) in [7, 11) is 0.345. The van der Waals surface area contributed by atoms with E-state index in [2.05, 4.69) is 30.7 Å². The Balaban J connectivity index is 2.31. The second-order valence-electron chi connectivity index (χ2n) is 6.59. The molecule has 0 aliphatic rings. The Labute approximate surface area is 126 Å². The van der Waals surface area contributed by atoms with Gasteiger partial charge in [0.25, 0.3) is 0 Å². The number of H-pyrrole nitrogens is 1. The summed E-state index contributed by atoms with van der Waals surface area (Å²) in [6, 6.07) is 4.86. The Hall–Kier alpha value is -1.66. The van der Waals surface area contributed by atoms with Gasteiger partial charge in [0.1, 0.15) is 11.4 Å². The van der Waals surface area contributed by atoms with E-state index in [0.29, 0.717) is 21.1 Å². The van der Waals surface area contributed by atoms with Crippen LogP contribution in [-0.2, 0) is 10.0 Å². The highest BCUT2D eigenvalue weighted by atomic mass is 28.2. The monoisotopic (exact) mass is 304 g/mol. The van der Waals surface area contributed by atoms with Crippen LogP contribution in [0.5, 0.6) is 0 Å². The Morgan fingerprint density at radius 2 is 1.95 bits per heavy atom. The first-order valence-corrected chi connectivity index (χ1v) is 7.68. The van der Waals surface area contributed by atoms with Crippen molar-refractivity contribution in [3.63, 3.8) is 0 Å². The minimum Gasteiger partial charge on any atom is -0.478 e. The number of hydrogen-bond acceptors (Lipinski definition) is 3. The number of carbonyl (C=O) groups is 1. The summed E-state index contributed by atoms with van der Waals surface area (Å²) in [5.74, 6) is -0.241. The van der Waals surface area contributed by atoms with Gasteiger partial charge in [-0.2, -0.15) is 0 Å². The van der Waals surface area contributed by atoms with Gasteiger partial charge >= 0.3 is 5.97 Å². The fourth-order valence-corrected chi connectivity index (χ4v) is 2.41. The number of fused-ring (bicyclic) bond motifs is 1. The number of imidazole rings is 1. The molecule has 1 aromatic heterocycles. The number of nitrogens with zero attached hydrogens (tertiary/aromatic N) is 1. The van der Waals surface area contributed by atoms with Gasteiger partial charge < -0.3 is 14.5 Å². The molecule has 2 aromatic rings. The van der Waals surface area contributed by atoms with Gasteiger partial charge in [-0.3, -0.25) is 0 Å². The van der Waals surface area contributed by atoms with Gasteiger partial charge in [-0.25, -0.2) is 9.78 Å². The molecule has 2 N–H and O–H groups in total. The predicted octanol–water partition coefficient (Wildman–Crippen LogP) is 3.35. The number of aromatic amines is 1. The quantitative estimate of drug-likeness (QED) is 0.849. The molecule has 2 rings (SSSR count). The second kappa shape index (κ2) is 5.27. The highest BCUT2D eigenvalue weighted by molar-refractivity contribution is 6.31. The van der Waals surface area contributed by atoms with E-state index in [9.17, 15) is 4.79 Å². The molecule has 0 saturated heterocycles. The van der Waals surface area contributed by atoms with Crippen LogP contribution in [0.15, 0.2) is 18.2 Å². The third-order valence-electron chi connectivity index (χ3n) is 2.91. The Morgan fingerprint density at radius 3 is 2.52 bits per heavy atom. The van der Waals surface area contributed by atoms with E-state index in [-0.39, 0.29) is 10.6 Å². The molecule has 0 aliphatic carbocycles. The molecule has 0 bridgehead atoms. The fourth-order valence-electron chi connectivity index (χ4n) is 1.76. The molecule has 0 atom stereocenters. The van der Waals surface area contributed by atoms with Crippen molar-refractivity contribution in [3.8, 4) is 0 Å². The number of carboxylic acid groups (broad SMARTS) is 1. The third-order valence-corrected chi connectivity index (χ3v) is 4.14. The molecular weight excluding hydrogens is 284 g/mol. The van der Waals surface area contributed by atoms with Gasteiger partial charge in [0, 0.05) is 0 Å². The van der Waals surface area contributed by atoms with Gasteiger partial charge in [-0.05, 0) is 37.1 Å². The first-order valence-electron chi connectivity index (χ1n) is 6.77. The number of carboxylic acids is 1. The number of rotatable bonds is 4. The Kier molecular flexibility index (Phi) is 3.95. The van der Waals surface area contributed by atoms with Gasteiger partial charge in [0.2, 0.25) is 9.76 Å². The number of hydrogen-bond donors (Lipinski definition) is 2. The van der Waals surface area contributed by atoms with Crippen molar-refractivity contribution < 1.29 is 14.3 Å². The molecule has 112 valence electrons. The van der Waals surface area contributed by atoms with Crippen LogP contribution < -0.4 is 0 Å². The molecule has 2 radical (unpaired) electrons. The van der Waals surface area contributed by atoms with Gasteiger partial charge in [-0.1, -0.05) is 20.8 Å². The molecule has 0 amide bonds. The molecule has 6 heteroatoms. The lowest BCUT2D eigenvalue weighted by Gasteiger charge is -2.27. The normalized spacial score (nSPS) is 12.8. The van der Waals surface area contributed by atoms with Gasteiger partial charge in [0.05, 0.1) is 16.6 Å². The maximum atomic E-state index is 11.0. The van der Waals surface area contributed by atoms with Crippen LogP contribution in [0.1, 0.15) is 50.8 Å². The highest BCUT2D eigenvalue weighted by Gasteiger charge is 2.28. The van der Waals surface area contributed by atoms with Crippen LogP contribution in [0.3, 0.4) is 0 Å². The average molecular weight is 304 g/mol. The van der Waals surface area contributed by atoms with Crippen molar-refractivity contribution in [3.05, 3.63) is 29.6 Å². The van der Waals surface area contributed by atoms with Crippen molar-refractivity contribution in [1.29, 1.82) is 0 Å². The van der Waals surface area contributed by atoms with E-state index in [4.69, 9.17) is 9.53 Å². The first kappa shape index (κ1) is 15.7. The third kappa shape index (κ3) is 3.71. The van der Waals surface area contributed by atoms with Crippen LogP contribution in [0, 0.1) is 0 Å². The van der Waals surface area contributed by atoms with E-state index in [1.54, 1.807) is 18.2 Å². The molecule has 1 aromatic carbocycles. The van der Waals surface area contributed by atoms with E-state index < -0.39 is 11.6 Å². The zero-order valence-corrected chi connectivity index (χ0v) is 13.9. The number of nitrogens with one attached hydrogen (secondary N) is 1. The zero-order chi connectivity index (χ0) is 15.8. The fraction of sp³-hybridized carbons (Fsp3) is 0.467. The van der Waals surface area contributed by atoms with E-state index in [0.717, 1.165) is 5.52 Å². The molecule has 21 heavy (non-hydrogen) atoms. The smallest absolute Gasteiger partial charge is 0.335 e. The standard InChI is InChI=1S/C15H20N2O3Si/c1-14(2,3)21-20-15(4,5)13-16-10-7-6-9(12(18)19)8-11(10)17-13/h6-8H,1-5H3,(H,16,17)(H,18,19). The summed E-state index contributed by atoms with van der Waals surface area (Å²) >= 11 is 0. The molecule has 0 fully saturated rings.